The van der Waals surface area contributed by atoms with Gasteiger partial charge in [0.15, 0.2) is 0 Å². The van der Waals surface area contributed by atoms with Gasteiger partial charge in [0.1, 0.15) is 0 Å². The molecule has 2 N–H and O–H groups in total. The van der Waals surface area contributed by atoms with Gasteiger partial charge in [-0.2, -0.15) is 0 Å². The Balaban J connectivity index is 2.04. The molecule has 1 atom stereocenters. The predicted octanol–water partition coefficient (Wildman–Crippen LogP) is 3.44. The van der Waals surface area contributed by atoms with Crippen LogP contribution in [0.25, 0.3) is 0 Å². The van der Waals surface area contributed by atoms with E-state index in [1.807, 2.05) is 18.2 Å². The Morgan fingerprint density at radius 2 is 1.95 bits per heavy atom. The number of sulfonamides is 1. The summed E-state index contributed by atoms with van der Waals surface area (Å²) in [6.07, 6.45) is 6.01. The Kier molecular flexibility index (Phi) is 4.28. The van der Waals surface area contributed by atoms with Crippen molar-refractivity contribution < 1.29 is 8.42 Å². The van der Waals surface area contributed by atoms with Crippen molar-refractivity contribution in [1.82, 2.24) is 0 Å². The maximum atomic E-state index is 11.3. The predicted molar refractivity (Wildman–Crippen MR) is 84.6 cm³/mol. The maximum Gasteiger partial charge on any atom is 0.229 e. The van der Waals surface area contributed by atoms with Crippen LogP contribution in [-0.2, 0) is 10.0 Å². The third-order valence-electron chi connectivity index (χ3n) is 3.74. The maximum absolute atomic E-state index is 11.3. The van der Waals surface area contributed by atoms with Gasteiger partial charge in [-0.05, 0) is 42.9 Å². The van der Waals surface area contributed by atoms with Crippen molar-refractivity contribution in [3.05, 3.63) is 24.3 Å². The molecule has 112 valence electrons. The second-order valence-electron chi connectivity index (χ2n) is 6.56. The molecule has 1 aliphatic carbocycles. The summed E-state index contributed by atoms with van der Waals surface area (Å²) in [5, 5.41) is 3.53. The lowest BCUT2D eigenvalue weighted by molar-refractivity contribution is 0.229. The molecule has 0 aromatic heterocycles. The van der Waals surface area contributed by atoms with Crippen molar-refractivity contribution in [3.63, 3.8) is 0 Å². The molecule has 4 nitrogen and oxygen atoms in total. The van der Waals surface area contributed by atoms with Gasteiger partial charge in [-0.3, -0.25) is 4.72 Å². The molecular weight excluding hydrogens is 272 g/mol. The summed E-state index contributed by atoms with van der Waals surface area (Å²) < 4.78 is 25.0. The summed E-state index contributed by atoms with van der Waals surface area (Å²) in [5.74, 6) is 0. The molecule has 0 saturated heterocycles. The standard InChI is InChI=1S/C15H24N2O2S/c1-15(2)9-5-8-14(11-15)16-12-6-4-7-13(10-12)17-20(3,18)19/h4,6-7,10,14,16-17H,5,8-9,11H2,1-3H3. The average Bonchev–Trinajstić information content (AvgIpc) is 2.25. The molecule has 1 aromatic rings. The lowest BCUT2D eigenvalue weighted by Gasteiger charge is -2.36. The fraction of sp³-hybridized carbons (Fsp3) is 0.600. The Bertz CT molecular complexity index is 567. The van der Waals surface area contributed by atoms with Crippen molar-refractivity contribution in [2.24, 2.45) is 5.41 Å². The van der Waals surface area contributed by atoms with Gasteiger partial charge in [0.2, 0.25) is 10.0 Å². The van der Waals surface area contributed by atoms with Crippen LogP contribution in [0.3, 0.4) is 0 Å². The van der Waals surface area contributed by atoms with E-state index in [-0.39, 0.29) is 0 Å². The topological polar surface area (TPSA) is 58.2 Å². The Morgan fingerprint density at radius 3 is 2.60 bits per heavy atom. The van der Waals surface area contributed by atoms with Crippen LogP contribution in [0.2, 0.25) is 0 Å². The summed E-state index contributed by atoms with van der Waals surface area (Å²) in [7, 11) is -3.22. The van der Waals surface area contributed by atoms with E-state index >= 15 is 0 Å². The van der Waals surface area contributed by atoms with Gasteiger partial charge in [0, 0.05) is 11.7 Å². The van der Waals surface area contributed by atoms with E-state index in [9.17, 15) is 8.42 Å². The highest BCUT2D eigenvalue weighted by Crippen LogP contribution is 2.36. The minimum Gasteiger partial charge on any atom is -0.382 e. The first-order valence-corrected chi connectivity index (χ1v) is 8.97. The first kappa shape index (κ1) is 15.2. The lowest BCUT2D eigenvalue weighted by atomic mass is 9.75. The highest BCUT2D eigenvalue weighted by Gasteiger charge is 2.27. The molecule has 2 rings (SSSR count). The number of nitrogens with one attached hydrogen (secondary N) is 2. The van der Waals surface area contributed by atoms with Crippen LogP contribution in [0.5, 0.6) is 0 Å². The Morgan fingerprint density at radius 1 is 1.25 bits per heavy atom. The van der Waals surface area contributed by atoms with E-state index in [1.165, 1.54) is 19.3 Å². The largest absolute Gasteiger partial charge is 0.382 e. The number of benzene rings is 1. The molecule has 1 aliphatic rings. The summed E-state index contributed by atoms with van der Waals surface area (Å²) >= 11 is 0. The summed E-state index contributed by atoms with van der Waals surface area (Å²) in [4.78, 5) is 0. The smallest absolute Gasteiger partial charge is 0.229 e. The normalized spacial score (nSPS) is 22.2. The van der Waals surface area contributed by atoms with Crippen molar-refractivity contribution in [2.45, 2.75) is 45.6 Å². The molecule has 0 heterocycles. The summed E-state index contributed by atoms with van der Waals surface area (Å²) in [6.45, 7) is 4.62. The number of hydrogen-bond donors (Lipinski definition) is 2. The second-order valence-corrected chi connectivity index (χ2v) is 8.31. The minimum atomic E-state index is -3.22. The summed E-state index contributed by atoms with van der Waals surface area (Å²) in [5.41, 5.74) is 1.97. The average molecular weight is 296 g/mol. The van der Waals surface area contributed by atoms with Crippen LogP contribution < -0.4 is 10.0 Å². The summed E-state index contributed by atoms with van der Waals surface area (Å²) in [6, 6.07) is 7.92. The van der Waals surface area contributed by atoms with Crippen LogP contribution in [0.1, 0.15) is 39.5 Å². The highest BCUT2D eigenvalue weighted by atomic mass is 32.2. The Hall–Kier alpha value is -1.23. The first-order chi connectivity index (χ1) is 9.23. The fourth-order valence-corrected chi connectivity index (χ4v) is 3.50. The molecule has 1 fully saturated rings. The van der Waals surface area contributed by atoms with Crippen molar-refractivity contribution in [3.8, 4) is 0 Å². The van der Waals surface area contributed by atoms with E-state index < -0.39 is 10.0 Å². The molecule has 0 bridgehead atoms. The van der Waals surface area contributed by atoms with E-state index in [0.717, 1.165) is 18.4 Å². The van der Waals surface area contributed by atoms with Crippen LogP contribution in [0, 0.1) is 5.41 Å². The van der Waals surface area contributed by atoms with Crippen LogP contribution in [0.4, 0.5) is 11.4 Å². The van der Waals surface area contributed by atoms with Crippen LogP contribution in [0.15, 0.2) is 24.3 Å². The van der Waals surface area contributed by atoms with Gasteiger partial charge in [-0.1, -0.05) is 26.3 Å². The van der Waals surface area contributed by atoms with E-state index in [4.69, 9.17) is 0 Å². The molecule has 0 aliphatic heterocycles. The molecule has 0 spiro atoms. The van der Waals surface area contributed by atoms with Gasteiger partial charge >= 0.3 is 0 Å². The first-order valence-electron chi connectivity index (χ1n) is 7.08. The van der Waals surface area contributed by atoms with Gasteiger partial charge in [-0.15, -0.1) is 0 Å². The molecule has 1 aromatic carbocycles. The quantitative estimate of drug-likeness (QED) is 0.895. The third-order valence-corrected chi connectivity index (χ3v) is 4.35. The molecular formula is C15H24N2O2S. The van der Waals surface area contributed by atoms with E-state index in [1.54, 1.807) is 6.07 Å². The van der Waals surface area contributed by atoms with Gasteiger partial charge in [0.05, 0.1) is 11.9 Å². The molecule has 1 unspecified atom stereocenters. The SMILES string of the molecule is CC1(C)CCCC(Nc2cccc(NS(C)(=O)=O)c2)C1. The van der Waals surface area contributed by atoms with Crippen LogP contribution >= 0.6 is 0 Å². The zero-order valence-electron chi connectivity index (χ0n) is 12.4. The molecule has 0 radical (unpaired) electrons. The van der Waals surface area contributed by atoms with Crippen molar-refractivity contribution in [2.75, 3.05) is 16.3 Å². The van der Waals surface area contributed by atoms with E-state index in [0.29, 0.717) is 17.1 Å². The highest BCUT2D eigenvalue weighted by molar-refractivity contribution is 7.92. The number of anilines is 2. The molecule has 1 saturated carbocycles. The monoisotopic (exact) mass is 296 g/mol. The van der Waals surface area contributed by atoms with Gasteiger partial charge in [0.25, 0.3) is 0 Å². The zero-order chi connectivity index (χ0) is 14.8. The van der Waals surface area contributed by atoms with Gasteiger partial charge < -0.3 is 5.32 Å². The fourth-order valence-electron chi connectivity index (χ4n) is 2.94. The van der Waals surface area contributed by atoms with Gasteiger partial charge in [-0.25, -0.2) is 8.42 Å². The zero-order valence-corrected chi connectivity index (χ0v) is 13.3. The van der Waals surface area contributed by atoms with E-state index in [2.05, 4.69) is 23.9 Å². The number of rotatable bonds is 4. The van der Waals surface area contributed by atoms with Crippen LogP contribution in [-0.4, -0.2) is 20.7 Å². The molecule has 5 heteroatoms. The number of hydrogen-bond acceptors (Lipinski definition) is 3. The van der Waals surface area contributed by atoms with Crippen molar-refractivity contribution in [1.29, 1.82) is 0 Å². The Labute approximate surface area is 122 Å². The minimum absolute atomic E-state index is 0.387. The lowest BCUT2D eigenvalue weighted by Crippen LogP contribution is -2.31. The molecule has 0 amide bonds. The van der Waals surface area contributed by atoms with Crippen molar-refractivity contribution >= 4 is 21.4 Å². The second kappa shape index (κ2) is 5.64. The molecule has 20 heavy (non-hydrogen) atoms. The third kappa shape index (κ3) is 4.71.